The monoisotopic (exact) mass is 316 g/mol. The van der Waals surface area contributed by atoms with E-state index in [0.717, 1.165) is 4.90 Å². The third-order valence-corrected chi connectivity index (χ3v) is 3.13. The number of hydrogen-bond acceptors (Lipinski definition) is 3. The summed E-state index contributed by atoms with van der Waals surface area (Å²) in [5, 5.41) is 2.19. The van der Waals surface area contributed by atoms with Crippen LogP contribution in [0.4, 0.5) is 18.0 Å². The molecule has 1 aliphatic rings. The molecule has 1 heterocycles. The van der Waals surface area contributed by atoms with Crippen molar-refractivity contribution in [3.05, 3.63) is 30.1 Å². The van der Waals surface area contributed by atoms with Crippen LogP contribution < -0.4 is 10.1 Å². The zero-order valence-corrected chi connectivity index (χ0v) is 11.8. The summed E-state index contributed by atoms with van der Waals surface area (Å²) in [4.78, 5) is 24.3. The molecule has 0 spiro atoms. The Bertz CT molecular complexity index is 568. The van der Waals surface area contributed by atoms with Gasteiger partial charge in [0.25, 0.3) is 5.91 Å². The molecule has 22 heavy (non-hydrogen) atoms. The van der Waals surface area contributed by atoms with Gasteiger partial charge in [-0.05, 0) is 19.1 Å². The van der Waals surface area contributed by atoms with Crippen LogP contribution in [0.15, 0.2) is 24.3 Å². The van der Waals surface area contributed by atoms with Gasteiger partial charge in [-0.3, -0.25) is 9.69 Å². The lowest BCUT2D eigenvalue weighted by molar-refractivity contribution is -0.129. The summed E-state index contributed by atoms with van der Waals surface area (Å²) >= 11 is 0. The van der Waals surface area contributed by atoms with Gasteiger partial charge in [-0.15, -0.1) is 0 Å². The van der Waals surface area contributed by atoms with E-state index in [1.54, 1.807) is 13.0 Å². The Kier molecular flexibility index (Phi) is 4.89. The summed E-state index contributed by atoms with van der Waals surface area (Å²) in [5.41, 5.74) is 0. The van der Waals surface area contributed by atoms with Crippen molar-refractivity contribution in [3.63, 3.8) is 0 Å². The van der Waals surface area contributed by atoms with Crippen LogP contribution in [0.1, 0.15) is 13.3 Å². The van der Waals surface area contributed by atoms with Gasteiger partial charge in [0.2, 0.25) is 6.43 Å². The van der Waals surface area contributed by atoms with Gasteiger partial charge >= 0.3 is 6.03 Å². The number of carbonyl (C=O) groups excluding carboxylic acids is 2. The maximum atomic E-state index is 13.5. The molecule has 3 amide bonds. The minimum atomic E-state index is -2.69. The Labute approximate surface area is 125 Å². The number of halogens is 3. The van der Waals surface area contributed by atoms with E-state index in [9.17, 15) is 22.8 Å². The van der Waals surface area contributed by atoms with Crippen molar-refractivity contribution >= 4 is 11.9 Å². The van der Waals surface area contributed by atoms with E-state index in [1.807, 2.05) is 0 Å². The molecule has 0 aliphatic carbocycles. The van der Waals surface area contributed by atoms with E-state index in [-0.39, 0.29) is 12.3 Å². The van der Waals surface area contributed by atoms with Crippen molar-refractivity contribution < 1.29 is 27.5 Å². The Morgan fingerprint density at radius 3 is 2.64 bits per heavy atom. The lowest BCUT2D eigenvalue weighted by Gasteiger charge is -2.20. The average molecular weight is 316 g/mol. The van der Waals surface area contributed by atoms with Gasteiger partial charge in [-0.1, -0.05) is 12.1 Å². The molecule has 2 rings (SSSR count). The Morgan fingerprint density at radius 1 is 1.32 bits per heavy atom. The molecule has 1 saturated heterocycles. The van der Waals surface area contributed by atoms with Crippen LogP contribution >= 0.6 is 0 Å². The number of amides is 3. The fourth-order valence-electron chi connectivity index (χ4n) is 2.14. The second-order valence-electron chi connectivity index (χ2n) is 4.94. The highest BCUT2D eigenvalue weighted by molar-refractivity contribution is 6.04. The summed E-state index contributed by atoms with van der Waals surface area (Å²) in [7, 11) is 0. The number of para-hydroxylation sites is 1. The van der Waals surface area contributed by atoms with Crippen molar-refractivity contribution in [2.45, 2.75) is 31.9 Å². The number of imide groups is 1. The van der Waals surface area contributed by atoms with Crippen LogP contribution in [0.2, 0.25) is 0 Å². The molecule has 120 valence electrons. The molecule has 1 aromatic rings. The van der Waals surface area contributed by atoms with Crippen molar-refractivity contribution in [1.82, 2.24) is 10.2 Å². The Morgan fingerprint density at radius 2 is 2.00 bits per heavy atom. The van der Waals surface area contributed by atoms with Crippen LogP contribution in [0, 0.1) is 5.82 Å². The molecule has 1 fully saturated rings. The van der Waals surface area contributed by atoms with Crippen LogP contribution in [-0.2, 0) is 4.79 Å². The maximum Gasteiger partial charge on any atom is 0.324 e. The quantitative estimate of drug-likeness (QED) is 0.818. The number of carbonyl (C=O) groups is 2. The fraction of sp³-hybridized carbons (Fsp3) is 0.429. The average Bonchev–Trinajstić information content (AvgIpc) is 2.68. The predicted molar refractivity (Wildman–Crippen MR) is 71.1 cm³/mol. The van der Waals surface area contributed by atoms with Crippen molar-refractivity contribution in [2.24, 2.45) is 0 Å². The zero-order chi connectivity index (χ0) is 16.3. The number of nitrogens with one attached hydrogen (secondary N) is 1. The van der Waals surface area contributed by atoms with Gasteiger partial charge in [-0.25, -0.2) is 18.0 Å². The first kappa shape index (κ1) is 16.1. The predicted octanol–water partition coefficient (Wildman–Crippen LogP) is 2.17. The van der Waals surface area contributed by atoms with E-state index in [2.05, 4.69) is 5.32 Å². The lowest BCUT2D eigenvalue weighted by Crippen LogP contribution is -2.39. The van der Waals surface area contributed by atoms with Gasteiger partial charge in [-0.2, -0.15) is 0 Å². The highest BCUT2D eigenvalue weighted by Gasteiger charge is 2.40. The maximum absolute atomic E-state index is 13.5. The largest absolute Gasteiger partial charge is 0.486 e. The normalized spacial score (nSPS) is 19.5. The molecule has 0 saturated carbocycles. The fourth-order valence-corrected chi connectivity index (χ4v) is 2.14. The molecule has 0 radical (unpaired) electrons. The second kappa shape index (κ2) is 6.67. The topological polar surface area (TPSA) is 58.6 Å². The summed E-state index contributed by atoms with van der Waals surface area (Å²) in [6.07, 6.45) is -4.11. The number of alkyl halides is 2. The molecule has 8 heteroatoms. The molecule has 1 N–H and O–H groups in total. The molecule has 0 bridgehead atoms. The van der Waals surface area contributed by atoms with Gasteiger partial charge < -0.3 is 10.1 Å². The number of hydrogen-bond donors (Lipinski definition) is 1. The number of rotatable bonds is 6. The van der Waals surface area contributed by atoms with E-state index in [4.69, 9.17) is 4.74 Å². The minimum absolute atomic E-state index is 0.00816. The minimum Gasteiger partial charge on any atom is -0.486 e. The molecular weight excluding hydrogens is 301 g/mol. The van der Waals surface area contributed by atoms with Crippen LogP contribution in [-0.4, -0.2) is 42.0 Å². The van der Waals surface area contributed by atoms with Crippen molar-refractivity contribution in [3.8, 4) is 5.75 Å². The number of ether oxygens (including phenoxy) is 1. The third kappa shape index (κ3) is 3.69. The zero-order valence-electron chi connectivity index (χ0n) is 11.8. The Hall–Kier alpha value is -2.25. The van der Waals surface area contributed by atoms with Gasteiger partial charge in [0.05, 0.1) is 6.54 Å². The third-order valence-electron chi connectivity index (χ3n) is 3.13. The molecule has 1 aliphatic heterocycles. The summed E-state index contributed by atoms with van der Waals surface area (Å²) in [6, 6.07) is 3.73. The number of urea groups is 1. The van der Waals surface area contributed by atoms with E-state index < -0.39 is 42.7 Å². The lowest BCUT2D eigenvalue weighted by atomic mass is 10.2. The Balaban J connectivity index is 1.96. The molecule has 2 atom stereocenters. The van der Waals surface area contributed by atoms with Gasteiger partial charge in [0, 0.05) is 6.42 Å². The van der Waals surface area contributed by atoms with Gasteiger partial charge in [0.1, 0.15) is 12.1 Å². The van der Waals surface area contributed by atoms with E-state index in [1.165, 1.54) is 18.2 Å². The standard InChI is InChI=1S/C14H15F3N2O3/c1-8(22-11-5-3-2-4-9(11)15)7-19-13(20)10(6-12(16)17)18-14(19)21/h2-5,8,10,12H,6-7H2,1H3,(H,18,21). The number of nitrogens with zero attached hydrogens (tertiary/aromatic N) is 1. The molecule has 1 aromatic carbocycles. The van der Waals surface area contributed by atoms with E-state index in [0.29, 0.717) is 0 Å². The molecule has 5 nitrogen and oxygen atoms in total. The first-order chi connectivity index (χ1) is 10.4. The van der Waals surface area contributed by atoms with Crippen molar-refractivity contribution in [1.29, 1.82) is 0 Å². The van der Waals surface area contributed by atoms with Crippen LogP contribution in [0.25, 0.3) is 0 Å². The van der Waals surface area contributed by atoms with E-state index >= 15 is 0 Å². The molecule has 2 unspecified atom stereocenters. The SMILES string of the molecule is CC(CN1C(=O)NC(CC(F)F)C1=O)Oc1ccccc1F. The summed E-state index contributed by atoms with van der Waals surface area (Å²) in [6.45, 7) is 1.40. The van der Waals surface area contributed by atoms with Crippen LogP contribution in [0.3, 0.4) is 0 Å². The summed E-state index contributed by atoms with van der Waals surface area (Å²) < 4.78 is 43.4. The van der Waals surface area contributed by atoms with Crippen LogP contribution in [0.5, 0.6) is 5.75 Å². The smallest absolute Gasteiger partial charge is 0.324 e. The number of benzene rings is 1. The first-order valence-electron chi connectivity index (χ1n) is 6.69. The molecule has 0 aromatic heterocycles. The second-order valence-corrected chi connectivity index (χ2v) is 4.94. The first-order valence-corrected chi connectivity index (χ1v) is 6.69. The van der Waals surface area contributed by atoms with Crippen molar-refractivity contribution in [2.75, 3.05) is 6.54 Å². The van der Waals surface area contributed by atoms with Gasteiger partial charge in [0.15, 0.2) is 11.6 Å². The highest BCUT2D eigenvalue weighted by atomic mass is 19.3. The molecular formula is C14H15F3N2O3. The highest BCUT2D eigenvalue weighted by Crippen LogP contribution is 2.19. The summed E-state index contributed by atoms with van der Waals surface area (Å²) in [5.74, 6) is -1.30.